The van der Waals surface area contributed by atoms with Gasteiger partial charge >= 0.3 is 5.97 Å². The monoisotopic (exact) mass is 288 g/mol. The van der Waals surface area contributed by atoms with Crippen molar-refractivity contribution in [3.63, 3.8) is 0 Å². The normalized spacial score (nSPS) is 62.3. The lowest BCUT2D eigenvalue weighted by Gasteiger charge is -2.38. The van der Waals surface area contributed by atoms with Crippen LogP contribution in [0.25, 0.3) is 0 Å². The third kappa shape index (κ3) is 1.23. The standard InChI is InChI=1S/C19H28O2/c1-4-18(9-12-5-6-13(18)7-12)21-17(20)19-11(3)14-8-15(19)16(19)10(14)2/h10-16H,4-9H2,1-3H3. The fourth-order valence-electron chi connectivity index (χ4n) is 7.85. The molecule has 9 unspecified atom stereocenters. The first-order valence-corrected chi connectivity index (χ1v) is 9.28. The van der Waals surface area contributed by atoms with Crippen molar-refractivity contribution in [2.45, 2.75) is 64.9 Å². The molecule has 6 aliphatic rings. The fraction of sp³-hybridized carbons (Fsp3) is 0.947. The minimum absolute atomic E-state index is 0.0475. The zero-order chi connectivity index (χ0) is 14.6. The van der Waals surface area contributed by atoms with E-state index >= 15 is 0 Å². The molecule has 0 heterocycles. The number of esters is 1. The maximum absolute atomic E-state index is 13.2. The van der Waals surface area contributed by atoms with E-state index in [9.17, 15) is 4.79 Å². The average molecular weight is 288 g/mol. The molecule has 0 spiro atoms. The van der Waals surface area contributed by atoms with E-state index in [-0.39, 0.29) is 17.0 Å². The van der Waals surface area contributed by atoms with Gasteiger partial charge in [-0.3, -0.25) is 4.79 Å². The first-order valence-electron chi connectivity index (χ1n) is 9.28. The third-order valence-corrected chi connectivity index (χ3v) is 8.82. The van der Waals surface area contributed by atoms with Crippen LogP contribution in [0.15, 0.2) is 0 Å². The first-order chi connectivity index (χ1) is 10.0. The number of carbonyl (C=O) groups is 1. The number of ether oxygens (including phenoxy) is 1. The summed E-state index contributed by atoms with van der Waals surface area (Å²) in [6, 6.07) is 0. The van der Waals surface area contributed by atoms with Gasteiger partial charge in [-0.25, -0.2) is 0 Å². The zero-order valence-electron chi connectivity index (χ0n) is 13.6. The Balaban J connectivity index is 1.42. The smallest absolute Gasteiger partial charge is 0.313 e. The highest BCUT2D eigenvalue weighted by molar-refractivity contribution is 5.84. The van der Waals surface area contributed by atoms with E-state index in [4.69, 9.17) is 4.74 Å². The van der Waals surface area contributed by atoms with Crippen LogP contribution >= 0.6 is 0 Å². The SMILES string of the molecule is CCC1(OC(=O)C23C(C)C4CC2C3C4C)CC2CCC1C2. The predicted molar refractivity (Wildman–Crippen MR) is 80.4 cm³/mol. The molecule has 116 valence electrons. The van der Waals surface area contributed by atoms with Crippen molar-refractivity contribution >= 4 is 5.97 Å². The molecular formula is C19H28O2. The molecule has 0 aromatic rings. The summed E-state index contributed by atoms with van der Waals surface area (Å²) in [6.07, 6.45) is 7.45. The van der Waals surface area contributed by atoms with Gasteiger partial charge in [-0.05, 0) is 80.0 Å². The highest BCUT2D eigenvalue weighted by Gasteiger charge is 2.85. The summed E-state index contributed by atoms with van der Waals surface area (Å²) >= 11 is 0. The lowest BCUT2D eigenvalue weighted by atomic mass is 9.81. The van der Waals surface area contributed by atoms with Crippen LogP contribution in [-0.4, -0.2) is 11.6 Å². The lowest BCUT2D eigenvalue weighted by Crippen LogP contribution is -2.43. The highest BCUT2D eigenvalue weighted by Crippen LogP contribution is 2.84. The molecule has 6 saturated carbocycles. The van der Waals surface area contributed by atoms with Gasteiger partial charge in [0.2, 0.25) is 0 Å². The number of hydrogen-bond donors (Lipinski definition) is 0. The second kappa shape index (κ2) is 3.68. The molecule has 6 bridgehead atoms. The summed E-state index contributed by atoms with van der Waals surface area (Å²) in [4.78, 5) is 13.2. The van der Waals surface area contributed by atoms with E-state index in [1.54, 1.807) is 0 Å². The largest absolute Gasteiger partial charge is 0.458 e. The van der Waals surface area contributed by atoms with Gasteiger partial charge in [-0.2, -0.15) is 0 Å². The molecule has 0 aromatic carbocycles. The van der Waals surface area contributed by atoms with Crippen molar-refractivity contribution < 1.29 is 9.53 Å². The Bertz CT molecular complexity index is 510. The van der Waals surface area contributed by atoms with Crippen LogP contribution in [0.2, 0.25) is 0 Å². The summed E-state index contributed by atoms with van der Waals surface area (Å²) in [5.74, 6) is 5.18. The molecule has 0 aliphatic heterocycles. The molecule has 0 saturated heterocycles. The van der Waals surface area contributed by atoms with Crippen molar-refractivity contribution in [3.05, 3.63) is 0 Å². The van der Waals surface area contributed by atoms with E-state index in [0.717, 1.165) is 30.6 Å². The Hall–Kier alpha value is -0.530. The highest BCUT2D eigenvalue weighted by atomic mass is 16.6. The van der Waals surface area contributed by atoms with Crippen molar-refractivity contribution in [1.29, 1.82) is 0 Å². The molecule has 2 nitrogen and oxygen atoms in total. The Morgan fingerprint density at radius 2 is 2.05 bits per heavy atom. The maximum atomic E-state index is 13.2. The van der Waals surface area contributed by atoms with Gasteiger partial charge in [0.05, 0.1) is 5.41 Å². The topological polar surface area (TPSA) is 26.3 Å². The Morgan fingerprint density at radius 1 is 1.24 bits per heavy atom. The number of hydrogen-bond acceptors (Lipinski definition) is 2. The predicted octanol–water partition coefficient (Wildman–Crippen LogP) is 4.04. The summed E-state index contributed by atoms with van der Waals surface area (Å²) in [7, 11) is 0. The molecule has 6 rings (SSSR count). The van der Waals surface area contributed by atoms with Crippen molar-refractivity contribution in [1.82, 2.24) is 0 Å². The van der Waals surface area contributed by atoms with E-state index in [1.807, 2.05) is 0 Å². The van der Waals surface area contributed by atoms with Gasteiger partial charge in [-0.1, -0.05) is 20.8 Å². The van der Waals surface area contributed by atoms with Crippen LogP contribution in [0.5, 0.6) is 0 Å². The van der Waals surface area contributed by atoms with Crippen molar-refractivity contribution in [3.8, 4) is 0 Å². The molecule has 0 amide bonds. The molecular weight excluding hydrogens is 260 g/mol. The van der Waals surface area contributed by atoms with Crippen LogP contribution in [0, 0.1) is 46.8 Å². The molecule has 21 heavy (non-hydrogen) atoms. The van der Waals surface area contributed by atoms with Crippen molar-refractivity contribution in [2.24, 2.45) is 46.8 Å². The Morgan fingerprint density at radius 3 is 2.48 bits per heavy atom. The number of rotatable bonds is 3. The summed E-state index contributed by atoms with van der Waals surface area (Å²) < 4.78 is 6.39. The molecule has 6 fully saturated rings. The van der Waals surface area contributed by atoms with Gasteiger partial charge in [0.25, 0.3) is 0 Å². The number of carbonyl (C=O) groups excluding carboxylic acids is 1. The van der Waals surface area contributed by atoms with E-state index < -0.39 is 0 Å². The second-order valence-corrected chi connectivity index (χ2v) is 9.00. The van der Waals surface area contributed by atoms with Crippen LogP contribution in [0.3, 0.4) is 0 Å². The Kier molecular flexibility index (Phi) is 2.27. The second-order valence-electron chi connectivity index (χ2n) is 9.00. The van der Waals surface area contributed by atoms with Crippen LogP contribution in [0.4, 0.5) is 0 Å². The summed E-state index contributed by atoms with van der Waals surface area (Å²) in [5.41, 5.74) is -0.133. The van der Waals surface area contributed by atoms with Crippen molar-refractivity contribution in [2.75, 3.05) is 0 Å². The average Bonchev–Trinajstić information content (AvgIpc) is 2.95. The van der Waals surface area contributed by atoms with Gasteiger partial charge in [0.1, 0.15) is 5.60 Å². The van der Waals surface area contributed by atoms with Crippen LogP contribution in [-0.2, 0) is 9.53 Å². The van der Waals surface area contributed by atoms with Crippen LogP contribution in [0.1, 0.15) is 59.3 Å². The van der Waals surface area contributed by atoms with E-state index in [1.165, 1.54) is 25.7 Å². The summed E-state index contributed by atoms with van der Waals surface area (Å²) in [5, 5.41) is 0. The maximum Gasteiger partial charge on any atom is 0.313 e. The quantitative estimate of drug-likeness (QED) is 0.733. The van der Waals surface area contributed by atoms with E-state index in [2.05, 4.69) is 20.8 Å². The molecule has 0 N–H and O–H groups in total. The first kappa shape index (κ1) is 13.0. The zero-order valence-corrected chi connectivity index (χ0v) is 13.6. The van der Waals surface area contributed by atoms with Crippen LogP contribution < -0.4 is 0 Å². The Labute approximate surface area is 128 Å². The fourth-order valence-corrected chi connectivity index (χ4v) is 7.85. The minimum Gasteiger partial charge on any atom is -0.458 e. The van der Waals surface area contributed by atoms with Gasteiger partial charge in [-0.15, -0.1) is 0 Å². The van der Waals surface area contributed by atoms with Gasteiger partial charge < -0.3 is 4.74 Å². The number of fused-ring (bicyclic) bond motifs is 2. The molecule has 0 radical (unpaired) electrons. The minimum atomic E-state index is -0.0855. The van der Waals surface area contributed by atoms with Gasteiger partial charge in [0, 0.05) is 0 Å². The summed E-state index contributed by atoms with van der Waals surface area (Å²) in [6.45, 7) is 6.94. The molecule has 2 heteroatoms. The molecule has 0 aromatic heterocycles. The third-order valence-electron chi connectivity index (χ3n) is 8.82. The van der Waals surface area contributed by atoms with E-state index in [0.29, 0.717) is 23.7 Å². The van der Waals surface area contributed by atoms with Gasteiger partial charge in [0.15, 0.2) is 0 Å². The molecule has 6 aliphatic carbocycles. The molecule has 9 atom stereocenters. The lowest BCUT2D eigenvalue weighted by molar-refractivity contribution is -0.175.